The number of nitrogens with zero attached hydrogens (tertiary/aromatic N) is 1. The Kier molecular flexibility index (Phi) is 8.66. The molecule has 0 aromatic heterocycles. The molecule has 0 aliphatic carbocycles. The molecule has 1 unspecified atom stereocenters. The van der Waals surface area contributed by atoms with Gasteiger partial charge < -0.3 is 14.7 Å². The van der Waals surface area contributed by atoms with E-state index in [-0.39, 0.29) is 18.9 Å². The van der Waals surface area contributed by atoms with E-state index in [1.807, 2.05) is 13.8 Å². The summed E-state index contributed by atoms with van der Waals surface area (Å²) in [6.07, 6.45) is 1.07. The average molecular weight is 342 g/mol. The topological polar surface area (TPSA) is 66.8 Å². The zero-order valence-electron chi connectivity index (χ0n) is 13.6. The lowest BCUT2D eigenvalue weighted by molar-refractivity contribution is -0.133. The molecule has 1 aromatic rings. The van der Waals surface area contributed by atoms with E-state index in [0.29, 0.717) is 30.1 Å². The number of likely N-dealkylation sites (N-methyl/N-ethyl adjacent to an activating group) is 1. The number of hydrogen-bond donors (Lipinski definition) is 1. The van der Waals surface area contributed by atoms with E-state index < -0.39 is 12.1 Å². The van der Waals surface area contributed by atoms with Crippen LogP contribution in [-0.2, 0) is 9.53 Å². The Morgan fingerprint density at radius 1 is 1.26 bits per heavy atom. The van der Waals surface area contributed by atoms with Gasteiger partial charge in [0.15, 0.2) is 0 Å². The van der Waals surface area contributed by atoms with Crippen molar-refractivity contribution in [1.82, 2.24) is 4.90 Å². The van der Waals surface area contributed by atoms with Crippen molar-refractivity contribution in [3.05, 3.63) is 34.9 Å². The number of halogens is 1. The summed E-state index contributed by atoms with van der Waals surface area (Å²) < 4.78 is 5.47. The van der Waals surface area contributed by atoms with Crippen molar-refractivity contribution in [2.24, 2.45) is 0 Å². The fourth-order valence-electron chi connectivity index (χ4n) is 2.23. The molecule has 0 bridgehead atoms. The molecule has 0 aliphatic rings. The van der Waals surface area contributed by atoms with Gasteiger partial charge >= 0.3 is 5.97 Å². The third-order valence-corrected chi connectivity index (χ3v) is 3.72. The monoisotopic (exact) mass is 341 g/mol. The Bertz CT molecular complexity index is 504. The lowest BCUT2D eigenvalue weighted by Crippen LogP contribution is -2.36. The number of aliphatic hydroxyl groups is 1. The number of carbonyl (C=O) groups is 2. The van der Waals surface area contributed by atoms with Crippen LogP contribution in [-0.4, -0.2) is 47.7 Å². The number of benzene rings is 1. The molecule has 1 N–H and O–H groups in total. The molecule has 0 saturated carbocycles. The molecular weight excluding hydrogens is 318 g/mol. The van der Waals surface area contributed by atoms with Crippen molar-refractivity contribution in [2.75, 3.05) is 19.7 Å². The Balaban J connectivity index is 2.68. The summed E-state index contributed by atoms with van der Waals surface area (Å²) in [4.78, 5) is 25.9. The number of rotatable bonds is 9. The SMILES string of the molecule is CCCC(CC(=O)N(CC)CCO)OC(=O)c1ccc(Cl)cc1. The van der Waals surface area contributed by atoms with Crippen molar-refractivity contribution < 1.29 is 19.4 Å². The first-order valence-electron chi connectivity index (χ1n) is 7.86. The molecule has 128 valence electrons. The van der Waals surface area contributed by atoms with Crippen LogP contribution in [0.4, 0.5) is 0 Å². The molecule has 1 atom stereocenters. The predicted molar refractivity (Wildman–Crippen MR) is 89.5 cm³/mol. The van der Waals surface area contributed by atoms with Crippen LogP contribution in [0.1, 0.15) is 43.5 Å². The first kappa shape index (κ1) is 19.5. The highest BCUT2D eigenvalue weighted by molar-refractivity contribution is 6.30. The summed E-state index contributed by atoms with van der Waals surface area (Å²) in [5.74, 6) is -0.581. The van der Waals surface area contributed by atoms with Crippen LogP contribution < -0.4 is 0 Å². The molecule has 1 rings (SSSR count). The number of hydrogen-bond acceptors (Lipinski definition) is 4. The molecule has 0 heterocycles. The standard InChI is InChI=1S/C17H24ClNO4/c1-3-5-15(12-16(21)19(4-2)10-11-20)23-17(22)13-6-8-14(18)9-7-13/h6-9,15,20H,3-5,10-12H2,1-2H3. The number of esters is 1. The lowest BCUT2D eigenvalue weighted by atomic mass is 10.1. The summed E-state index contributed by atoms with van der Waals surface area (Å²) in [5.41, 5.74) is 0.408. The van der Waals surface area contributed by atoms with Gasteiger partial charge in [0.25, 0.3) is 0 Å². The molecule has 6 heteroatoms. The number of amides is 1. The number of aliphatic hydroxyl groups excluding tert-OH is 1. The summed E-state index contributed by atoms with van der Waals surface area (Å²) in [7, 11) is 0. The molecule has 0 aliphatic heterocycles. The second-order valence-corrected chi connectivity index (χ2v) is 5.66. The summed E-state index contributed by atoms with van der Waals surface area (Å²) in [5, 5.41) is 9.53. The van der Waals surface area contributed by atoms with Crippen molar-refractivity contribution in [2.45, 2.75) is 39.2 Å². The summed E-state index contributed by atoms with van der Waals surface area (Å²) in [6.45, 7) is 4.55. The van der Waals surface area contributed by atoms with Crippen molar-refractivity contribution in [3.63, 3.8) is 0 Å². The minimum Gasteiger partial charge on any atom is -0.458 e. The number of ether oxygens (including phenoxy) is 1. The Labute approximate surface area is 142 Å². The van der Waals surface area contributed by atoms with E-state index in [9.17, 15) is 9.59 Å². The maximum atomic E-state index is 12.2. The smallest absolute Gasteiger partial charge is 0.338 e. The minimum absolute atomic E-state index is 0.0808. The van der Waals surface area contributed by atoms with Gasteiger partial charge in [-0.3, -0.25) is 4.79 Å². The van der Waals surface area contributed by atoms with Gasteiger partial charge in [0.05, 0.1) is 18.6 Å². The molecular formula is C17H24ClNO4. The van der Waals surface area contributed by atoms with Crippen molar-refractivity contribution in [3.8, 4) is 0 Å². The second kappa shape index (κ2) is 10.2. The van der Waals surface area contributed by atoms with Gasteiger partial charge in [-0.2, -0.15) is 0 Å². The van der Waals surface area contributed by atoms with Gasteiger partial charge in [-0.15, -0.1) is 0 Å². The van der Waals surface area contributed by atoms with E-state index in [4.69, 9.17) is 21.4 Å². The van der Waals surface area contributed by atoms with Gasteiger partial charge in [-0.25, -0.2) is 4.79 Å². The molecule has 0 radical (unpaired) electrons. The first-order valence-corrected chi connectivity index (χ1v) is 8.24. The van der Waals surface area contributed by atoms with Crippen LogP contribution in [0.3, 0.4) is 0 Å². The zero-order valence-corrected chi connectivity index (χ0v) is 14.4. The largest absolute Gasteiger partial charge is 0.458 e. The van der Waals surface area contributed by atoms with Gasteiger partial charge in [-0.05, 0) is 37.6 Å². The van der Waals surface area contributed by atoms with Gasteiger partial charge in [0.1, 0.15) is 6.10 Å². The van der Waals surface area contributed by atoms with Crippen LogP contribution in [0.5, 0.6) is 0 Å². The quantitative estimate of drug-likeness (QED) is 0.701. The van der Waals surface area contributed by atoms with Crippen molar-refractivity contribution in [1.29, 1.82) is 0 Å². The third-order valence-electron chi connectivity index (χ3n) is 3.47. The first-order chi connectivity index (χ1) is 11.0. The van der Waals surface area contributed by atoms with Gasteiger partial charge in [0, 0.05) is 18.1 Å². The zero-order chi connectivity index (χ0) is 17.2. The maximum absolute atomic E-state index is 12.2. The molecule has 23 heavy (non-hydrogen) atoms. The second-order valence-electron chi connectivity index (χ2n) is 5.22. The fourth-order valence-corrected chi connectivity index (χ4v) is 2.36. The average Bonchev–Trinajstić information content (AvgIpc) is 2.53. The maximum Gasteiger partial charge on any atom is 0.338 e. The summed E-state index contributed by atoms with van der Waals surface area (Å²) in [6, 6.07) is 6.44. The van der Waals surface area contributed by atoms with Gasteiger partial charge in [-0.1, -0.05) is 24.9 Å². The molecule has 0 spiro atoms. The number of carbonyl (C=O) groups excluding carboxylic acids is 2. The minimum atomic E-state index is -0.469. The van der Waals surface area contributed by atoms with Crippen LogP contribution in [0.15, 0.2) is 24.3 Å². The highest BCUT2D eigenvalue weighted by atomic mass is 35.5. The molecule has 1 amide bonds. The molecule has 1 aromatic carbocycles. The Morgan fingerprint density at radius 3 is 2.43 bits per heavy atom. The highest BCUT2D eigenvalue weighted by Crippen LogP contribution is 2.15. The normalized spacial score (nSPS) is 11.8. The molecule has 5 nitrogen and oxygen atoms in total. The van der Waals surface area contributed by atoms with Crippen LogP contribution in [0, 0.1) is 0 Å². The van der Waals surface area contributed by atoms with Gasteiger partial charge in [0.2, 0.25) is 5.91 Å². The van der Waals surface area contributed by atoms with Crippen molar-refractivity contribution >= 4 is 23.5 Å². The highest BCUT2D eigenvalue weighted by Gasteiger charge is 2.21. The third kappa shape index (κ3) is 6.59. The lowest BCUT2D eigenvalue weighted by Gasteiger charge is -2.23. The predicted octanol–water partition coefficient (Wildman–Crippen LogP) is 2.90. The van der Waals surface area contributed by atoms with Crippen LogP contribution >= 0.6 is 11.6 Å². The summed E-state index contributed by atoms with van der Waals surface area (Å²) >= 11 is 5.80. The van der Waals surface area contributed by atoms with E-state index in [1.165, 1.54) is 0 Å². The Hall–Kier alpha value is -1.59. The molecule has 0 fully saturated rings. The fraction of sp³-hybridized carbons (Fsp3) is 0.529. The van der Waals surface area contributed by atoms with Crippen LogP contribution in [0.2, 0.25) is 5.02 Å². The Morgan fingerprint density at radius 2 is 1.91 bits per heavy atom. The van der Waals surface area contributed by atoms with E-state index in [2.05, 4.69) is 0 Å². The van der Waals surface area contributed by atoms with E-state index in [0.717, 1.165) is 6.42 Å². The van der Waals surface area contributed by atoms with Crippen LogP contribution in [0.25, 0.3) is 0 Å². The van der Waals surface area contributed by atoms with E-state index in [1.54, 1.807) is 29.2 Å². The molecule has 0 saturated heterocycles. The van der Waals surface area contributed by atoms with E-state index >= 15 is 0 Å².